The van der Waals surface area contributed by atoms with Crippen LogP contribution >= 0.6 is 24.0 Å². The van der Waals surface area contributed by atoms with Crippen molar-refractivity contribution in [2.45, 2.75) is 72.3 Å². The Bertz CT molecular complexity index is 623. The lowest BCUT2D eigenvalue weighted by molar-refractivity contribution is -0.127. The van der Waals surface area contributed by atoms with Gasteiger partial charge in [-0.3, -0.25) is 4.79 Å². The Morgan fingerprint density at radius 3 is 2.48 bits per heavy atom. The summed E-state index contributed by atoms with van der Waals surface area (Å²) in [4.78, 5) is 22.2. The second-order valence-electron chi connectivity index (χ2n) is 8.47. The van der Waals surface area contributed by atoms with Gasteiger partial charge in [0.2, 0.25) is 11.8 Å². The van der Waals surface area contributed by atoms with Crippen molar-refractivity contribution in [1.29, 1.82) is 0 Å². The van der Waals surface area contributed by atoms with Crippen molar-refractivity contribution in [3.63, 3.8) is 0 Å². The van der Waals surface area contributed by atoms with Crippen LogP contribution in [0.25, 0.3) is 0 Å². The third-order valence-electron chi connectivity index (χ3n) is 4.67. The van der Waals surface area contributed by atoms with E-state index in [9.17, 15) is 4.79 Å². The molecule has 8 heteroatoms. The molecular formula is C21H40IN5O2. The van der Waals surface area contributed by atoms with Gasteiger partial charge in [0.05, 0.1) is 12.7 Å². The number of hydrogen-bond acceptors (Lipinski definition) is 4. The molecule has 29 heavy (non-hydrogen) atoms. The average molecular weight is 521 g/mol. The lowest BCUT2D eigenvalue weighted by Crippen LogP contribution is -2.40. The van der Waals surface area contributed by atoms with Crippen molar-refractivity contribution >= 4 is 35.8 Å². The Morgan fingerprint density at radius 1 is 1.28 bits per heavy atom. The highest BCUT2D eigenvalue weighted by molar-refractivity contribution is 14.0. The number of oxazole rings is 1. The third-order valence-corrected chi connectivity index (χ3v) is 4.67. The molecule has 1 amide bonds. The smallest absolute Gasteiger partial charge is 0.243 e. The first-order chi connectivity index (χ1) is 13.2. The quantitative estimate of drug-likeness (QED) is 0.277. The van der Waals surface area contributed by atoms with Crippen LogP contribution < -0.4 is 10.6 Å². The Morgan fingerprint density at radius 2 is 1.97 bits per heavy atom. The summed E-state index contributed by atoms with van der Waals surface area (Å²) in [6.07, 6.45) is 6.51. The van der Waals surface area contributed by atoms with E-state index in [1.165, 1.54) is 19.3 Å². The minimum atomic E-state index is -0.0772. The minimum absolute atomic E-state index is 0. The van der Waals surface area contributed by atoms with E-state index in [1.807, 2.05) is 0 Å². The molecule has 0 aliphatic carbocycles. The first-order valence-corrected chi connectivity index (χ1v) is 10.3. The van der Waals surface area contributed by atoms with E-state index in [4.69, 9.17) is 4.42 Å². The Balaban J connectivity index is 0.00000784. The van der Waals surface area contributed by atoms with Gasteiger partial charge in [-0.2, -0.15) is 0 Å². The van der Waals surface area contributed by atoms with Crippen LogP contribution in [-0.4, -0.2) is 48.9 Å². The predicted octanol–water partition coefficient (Wildman–Crippen LogP) is 3.93. The lowest BCUT2D eigenvalue weighted by Gasteiger charge is -2.18. The molecule has 1 heterocycles. The number of rotatable bonds is 10. The van der Waals surface area contributed by atoms with Gasteiger partial charge >= 0.3 is 0 Å². The van der Waals surface area contributed by atoms with E-state index < -0.39 is 0 Å². The van der Waals surface area contributed by atoms with Gasteiger partial charge in [-0.25, -0.2) is 9.98 Å². The maximum Gasteiger partial charge on any atom is 0.243 e. The minimum Gasteiger partial charge on any atom is -0.443 e. The van der Waals surface area contributed by atoms with Crippen molar-refractivity contribution < 1.29 is 9.21 Å². The van der Waals surface area contributed by atoms with Crippen LogP contribution in [0.2, 0.25) is 0 Å². The Hall–Kier alpha value is -1.32. The summed E-state index contributed by atoms with van der Waals surface area (Å²) >= 11 is 0. The maximum absolute atomic E-state index is 11.9. The molecule has 0 aliphatic heterocycles. The topological polar surface area (TPSA) is 82.8 Å². The summed E-state index contributed by atoms with van der Waals surface area (Å²) in [7, 11) is 3.47. The normalized spacial score (nSPS) is 12.9. The van der Waals surface area contributed by atoms with E-state index in [0.29, 0.717) is 24.3 Å². The molecule has 1 rings (SSSR count). The van der Waals surface area contributed by atoms with E-state index in [1.54, 1.807) is 25.2 Å². The molecule has 0 aliphatic rings. The third kappa shape index (κ3) is 10.9. The summed E-state index contributed by atoms with van der Waals surface area (Å²) in [5.74, 6) is 2.62. The molecule has 1 atom stereocenters. The molecule has 2 N–H and O–H groups in total. The van der Waals surface area contributed by atoms with Crippen LogP contribution in [-0.2, 0) is 16.8 Å². The molecule has 168 valence electrons. The highest BCUT2D eigenvalue weighted by atomic mass is 127. The fourth-order valence-electron chi connectivity index (χ4n) is 2.54. The number of carbonyl (C=O) groups excluding carboxylic acids is 1. The van der Waals surface area contributed by atoms with Gasteiger partial charge in [-0.15, -0.1) is 24.0 Å². The van der Waals surface area contributed by atoms with Gasteiger partial charge in [-0.05, 0) is 12.3 Å². The summed E-state index contributed by atoms with van der Waals surface area (Å²) in [6, 6.07) is 0. The number of nitrogens with zero attached hydrogens (tertiary/aromatic N) is 3. The molecule has 1 aromatic rings. The van der Waals surface area contributed by atoms with Gasteiger partial charge in [-0.1, -0.05) is 53.9 Å². The zero-order chi connectivity index (χ0) is 21.2. The number of nitrogens with one attached hydrogen (secondary N) is 2. The SMILES string of the molecule is CCCCC(CC)CNC(=NCC(=O)N(C)C)NCc1ncc(C(C)(C)C)o1.I. The summed E-state index contributed by atoms with van der Waals surface area (Å²) in [5, 5.41) is 6.62. The van der Waals surface area contributed by atoms with Crippen LogP contribution in [0.1, 0.15) is 72.0 Å². The standard InChI is InChI=1S/C21H39N5O2.HI/c1-8-10-11-16(9-2)12-23-20(25-15-19(27)26(6)7)24-14-18-22-13-17(28-18)21(3,4)5;/h13,16H,8-12,14-15H2,1-7H3,(H2,23,24,25);1H. The fraction of sp³-hybridized carbons (Fsp3) is 0.762. The maximum atomic E-state index is 11.9. The number of unbranched alkanes of at least 4 members (excludes halogenated alkanes) is 1. The molecular weight excluding hydrogens is 481 g/mol. The van der Waals surface area contributed by atoms with Crippen molar-refractivity contribution in [3.05, 3.63) is 17.8 Å². The van der Waals surface area contributed by atoms with E-state index >= 15 is 0 Å². The number of guanidine groups is 1. The monoisotopic (exact) mass is 521 g/mol. The molecule has 0 spiro atoms. The number of amides is 1. The second-order valence-corrected chi connectivity index (χ2v) is 8.47. The number of hydrogen-bond donors (Lipinski definition) is 2. The van der Waals surface area contributed by atoms with Crippen LogP contribution in [0.3, 0.4) is 0 Å². The molecule has 7 nitrogen and oxygen atoms in total. The first-order valence-electron chi connectivity index (χ1n) is 10.3. The van der Waals surface area contributed by atoms with E-state index in [0.717, 1.165) is 18.7 Å². The van der Waals surface area contributed by atoms with Gasteiger partial charge < -0.3 is 20.0 Å². The number of likely N-dealkylation sites (N-methyl/N-ethyl adjacent to an activating group) is 1. The summed E-state index contributed by atoms with van der Waals surface area (Å²) in [6.45, 7) is 12.0. The molecule has 0 fully saturated rings. The zero-order valence-corrected chi connectivity index (χ0v) is 21.5. The van der Waals surface area contributed by atoms with Gasteiger partial charge in [0.15, 0.2) is 5.96 Å². The van der Waals surface area contributed by atoms with Crippen LogP contribution in [0.15, 0.2) is 15.6 Å². The largest absolute Gasteiger partial charge is 0.443 e. The predicted molar refractivity (Wildman–Crippen MR) is 130 cm³/mol. The van der Waals surface area contributed by atoms with Crippen molar-refractivity contribution in [1.82, 2.24) is 20.5 Å². The highest BCUT2D eigenvalue weighted by Gasteiger charge is 2.19. The first kappa shape index (κ1) is 27.7. The van der Waals surface area contributed by atoms with Gasteiger partial charge in [0.25, 0.3) is 0 Å². The zero-order valence-electron chi connectivity index (χ0n) is 19.2. The average Bonchev–Trinajstić information content (AvgIpc) is 3.12. The Kier molecular flexibility index (Phi) is 13.2. The number of aromatic nitrogens is 1. The van der Waals surface area contributed by atoms with Gasteiger partial charge in [0.1, 0.15) is 12.3 Å². The van der Waals surface area contributed by atoms with Crippen LogP contribution in [0.5, 0.6) is 0 Å². The molecule has 0 bridgehead atoms. The second kappa shape index (κ2) is 13.8. The van der Waals surface area contributed by atoms with Crippen molar-refractivity contribution in [2.75, 3.05) is 27.2 Å². The number of aliphatic imine (C=N–C) groups is 1. The molecule has 0 aromatic carbocycles. The fourth-order valence-corrected chi connectivity index (χ4v) is 2.54. The van der Waals surface area contributed by atoms with Crippen molar-refractivity contribution in [2.24, 2.45) is 10.9 Å². The molecule has 1 unspecified atom stereocenters. The van der Waals surface area contributed by atoms with Crippen LogP contribution in [0.4, 0.5) is 0 Å². The van der Waals surface area contributed by atoms with Crippen molar-refractivity contribution in [3.8, 4) is 0 Å². The Labute approximate surface area is 193 Å². The molecule has 0 saturated heterocycles. The molecule has 0 radical (unpaired) electrons. The summed E-state index contributed by atoms with van der Waals surface area (Å²) in [5.41, 5.74) is -0.0772. The van der Waals surface area contributed by atoms with Crippen LogP contribution in [0, 0.1) is 5.92 Å². The van der Waals surface area contributed by atoms with Gasteiger partial charge in [0, 0.05) is 26.1 Å². The lowest BCUT2D eigenvalue weighted by atomic mass is 9.94. The molecule has 1 aromatic heterocycles. The van der Waals surface area contributed by atoms with E-state index in [-0.39, 0.29) is 41.8 Å². The summed E-state index contributed by atoms with van der Waals surface area (Å²) < 4.78 is 5.83. The number of carbonyl (C=O) groups is 1. The van der Waals surface area contributed by atoms with E-state index in [2.05, 4.69) is 55.2 Å². The highest BCUT2D eigenvalue weighted by Crippen LogP contribution is 2.22. The molecule has 0 saturated carbocycles. The number of halogens is 1.